The number of rotatable bonds is 7. The van der Waals surface area contributed by atoms with Crippen LogP contribution < -0.4 is 4.74 Å². The van der Waals surface area contributed by atoms with E-state index in [1.807, 2.05) is 35.8 Å². The second kappa shape index (κ2) is 10.3. The summed E-state index contributed by atoms with van der Waals surface area (Å²) in [7, 11) is 2.97. The summed E-state index contributed by atoms with van der Waals surface area (Å²) in [6.45, 7) is 6.08. The van der Waals surface area contributed by atoms with Gasteiger partial charge in [0.2, 0.25) is 0 Å². The van der Waals surface area contributed by atoms with Crippen molar-refractivity contribution in [2.45, 2.75) is 39.7 Å². The van der Waals surface area contributed by atoms with Gasteiger partial charge in [0.1, 0.15) is 22.6 Å². The van der Waals surface area contributed by atoms with Gasteiger partial charge in [0.05, 0.1) is 26.4 Å². The average molecular weight is 529 g/mol. The largest absolute Gasteiger partial charge is 0.497 e. The average Bonchev–Trinajstić information content (AvgIpc) is 3.41. The molecule has 0 radical (unpaired) electrons. The fourth-order valence-corrected chi connectivity index (χ4v) is 5.82. The first kappa shape index (κ1) is 25.5. The number of aryl methyl sites for hydroxylation is 2. The van der Waals surface area contributed by atoms with Crippen molar-refractivity contribution in [1.82, 2.24) is 14.8 Å². The first-order valence-electron chi connectivity index (χ1n) is 12.2. The zero-order chi connectivity index (χ0) is 27.0. The summed E-state index contributed by atoms with van der Waals surface area (Å²) < 4.78 is 12.1. The number of ether oxygens (including phenoxy) is 2. The Bertz CT molecular complexity index is 1550. The molecule has 8 nitrogen and oxygen atoms in total. The molecule has 2 aromatic carbocycles. The van der Waals surface area contributed by atoms with Gasteiger partial charge in [-0.25, -0.2) is 0 Å². The molecule has 4 aromatic rings. The molecule has 2 aromatic heterocycles. The number of methoxy groups -OCH3 is 2. The molecule has 0 fully saturated rings. The number of aliphatic imine (C=N–C) groups is 1. The molecule has 0 unspecified atom stereocenters. The van der Waals surface area contributed by atoms with E-state index >= 15 is 0 Å². The van der Waals surface area contributed by atoms with Crippen LogP contribution in [0.2, 0.25) is 0 Å². The normalized spacial score (nSPS) is 14.2. The Morgan fingerprint density at radius 3 is 2.34 bits per heavy atom. The Kier molecular flexibility index (Phi) is 6.94. The van der Waals surface area contributed by atoms with Crippen molar-refractivity contribution in [2.24, 2.45) is 4.99 Å². The number of carbonyl (C=O) groups is 2. The van der Waals surface area contributed by atoms with E-state index in [2.05, 4.69) is 24.0 Å². The minimum Gasteiger partial charge on any atom is -0.497 e. The molecule has 0 saturated carbocycles. The lowest BCUT2D eigenvalue weighted by molar-refractivity contribution is -0.141. The van der Waals surface area contributed by atoms with Gasteiger partial charge in [-0.05, 0) is 56.2 Å². The number of esters is 1. The summed E-state index contributed by atoms with van der Waals surface area (Å²) in [5, 5.41) is 9.68. The third-order valence-electron chi connectivity index (χ3n) is 6.83. The monoisotopic (exact) mass is 528 g/mol. The van der Waals surface area contributed by atoms with Crippen molar-refractivity contribution >= 4 is 28.8 Å². The van der Waals surface area contributed by atoms with E-state index in [1.54, 1.807) is 42.7 Å². The summed E-state index contributed by atoms with van der Waals surface area (Å²) in [5.74, 6) is 1.74. The lowest BCUT2D eigenvalue weighted by atomic mass is 9.97. The van der Waals surface area contributed by atoms with Crippen LogP contribution in [0.25, 0.3) is 5.00 Å². The quantitative estimate of drug-likeness (QED) is 0.243. The predicted octanol–water partition coefficient (Wildman–Crippen LogP) is 5.14. The highest BCUT2D eigenvalue weighted by Gasteiger charge is 2.32. The van der Waals surface area contributed by atoms with Crippen molar-refractivity contribution in [1.29, 1.82) is 0 Å². The van der Waals surface area contributed by atoms with E-state index in [1.165, 1.54) is 12.0 Å². The molecule has 1 atom stereocenters. The Hall–Kier alpha value is -4.11. The summed E-state index contributed by atoms with van der Waals surface area (Å²) in [5.41, 5.74) is 5.36. The van der Waals surface area contributed by atoms with Crippen LogP contribution in [0.3, 0.4) is 0 Å². The highest BCUT2D eigenvalue weighted by molar-refractivity contribution is 7.15. The van der Waals surface area contributed by atoms with Crippen molar-refractivity contribution in [3.8, 4) is 10.8 Å². The Labute approximate surface area is 225 Å². The Balaban J connectivity index is 1.52. The number of nitrogens with zero attached hydrogens (tertiary/aromatic N) is 4. The van der Waals surface area contributed by atoms with Crippen LogP contribution in [-0.4, -0.2) is 46.4 Å². The van der Waals surface area contributed by atoms with Gasteiger partial charge in [0, 0.05) is 28.0 Å². The predicted molar refractivity (Wildman–Crippen MR) is 146 cm³/mol. The van der Waals surface area contributed by atoms with Gasteiger partial charge in [0.15, 0.2) is 11.6 Å². The van der Waals surface area contributed by atoms with Crippen molar-refractivity contribution < 1.29 is 19.1 Å². The van der Waals surface area contributed by atoms with Crippen molar-refractivity contribution in [2.75, 3.05) is 14.2 Å². The van der Waals surface area contributed by atoms with E-state index < -0.39 is 6.04 Å². The number of hydrogen-bond acceptors (Lipinski definition) is 8. The van der Waals surface area contributed by atoms with Crippen LogP contribution in [0.15, 0.2) is 53.5 Å². The molecule has 3 heterocycles. The number of Topliss-reactive ketones (excluding diaryl/α,β-unsaturated/α-hetero) is 1. The van der Waals surface area contributed by atoms with Crippen LogP contribution in [0.5, 0.6) is 5.75 Å². The topological polar surface area (TPSA) is 95.7 Å². The molecule has 0 aliphatic carbocycles. The van der Waals surface area contributed by atoms with Gasteiger partial charge in [-0.3, -0.25) is 19.1 Å². The fraction of sp³-hybridized carbons (Fsp3) is 0.276. The SMILES string of the molecule is COC(=O)C[C@@H]1N=C(c2ccc(CC(=O)c3ccc(OC)cc3)cc2)c2c(sc(C)c2C)-n2c(C)nnc21. The highest BCUT2D eigenvalue weighted by Crippen LogP contribution is 2.39. The van der Waals surface area contributed by atoms with Crippen molar-refractivity contribution in [3.05, 3.63) is 92.9 Å². The number of benzene rings is 2. The molecule has 0 N–H and O–H groups in total. The maximum Gasteiger partial charge on any atom is 0.308 e. The zero-order valence-corrected chi connectivity index (χ0v) is 22.8. The number of fused-ring (bicyclic) bond motifs is 3. The number of aromatic nitrogens is 3. The first-order chi connectivity index (χ1) is 18.3. The summed E-state index contributed by atoms with van der Waals surface area (Å²) in [6.07, 6.45) is 0.339. The number of thiophene rings is 1. The summed E-state index contributed by atoms with van der Waals surface area (Å²) >= 11 is 1.66. The van der Waals surface area contributed by atoms with E-state index in [4.69, 9.17) is 14.5 Å². The number of carbonyl (C=O) groups excluding carboxylic acids is 2. The van der Waals surface area contributed by atoms with Gasteiger partial charge in [-0.2, -0.15) is 0 Å². The number of ketones is 1. The van der Waals surface area contributed by atoms with Crippen LogP contribution in [0.1, 0.15) is 61.6 Å². The minimum atomic E-state index is -0.547. The molecule has 1 aliphatic heterocycles. The van der Waals surface area contributed by atoms with Crippen LogP contribution >= 0.6 is 11.3 Å². The van der Waals surface area contributed by atoms with Gasteiger partial charge >= 0.3 is 5.97 Å². The molecule has 194 valence electrons. The molecule has 0 spiro atoms. The van der Waals surface area contributed by atoms with Crippen LogP contribution in [0.4, 0.5) is 0 Å². The summed E-state index contributed by atoms with van der Waals surface area (Å²) in [4.78, 5) is 31.4. The maximum absolute atomic E-state index is 12.8. The van der Waals surface area contributed by atoms with Gasteiger partial charge in [-0.1, -0.05) is 24.3 Å². The lowest BCUT2D eigenvalue weighted by Crippen LogP contribution is -2.12. The molecule has 1 aliphatic rings. The summed E-state index contributed by atoms with van der Waals surface area (Å²) in [6, 6.07) is 14.5. The maximum atomic E-state index is 12.8. The van der Waals surface area contributed by atoms with Gasteiger partial charge in [-0.15, -0.1) is 21.5 Å². The van der Waals surface area contributed by atoms with E-state index in [0.29, 0.717) is 17.1 Å². The highest BCUT2D eigenvalue weighted by atomic mass is 32.1. The second-order valence-corrected chi connectivity index (χ2v) is 10.4. The second-order valence-electron chi connectivity index (χ2n) is 9.20. The molecular weight excluding hydrogens is 500 g/mol. The van der Waals surface area contributed by atoms with E-state index in [9.17, 15) is 9.59 Å². The van der Waals surface area contributed by atoms with E-state index in [0.717, 1.165) is 38.8 Å². The molecule has 38 heavy (non-hydrogen) atoms. The lowest BCUT2D eigenvalue weighted by Gasteiger charge is -2.12. The molecule has 0 amide bonds. The van der Waals surface area contributed by atoms with E-state index in [-0.39, 0.29) is 24.6 Å². The van der Waals surface area contributed by atoms with Gasteiger partial charge in [0.25, 0.3) is 0 Å². The van der Waals surface area contributed by atoms with Crippen LogP contribution in [-0.2, 0) is 16.0 Å². The number of hydrogen-bond donors (Lipinski definition) is 0. The standard InChI is InChI=1S/C29H28N4O4S/c1-16-17(2)38-29-26(16)27(30-23(15-25(35)37-5)28-32-31-18(3)33(28)29)21-8-6-19(7-9-21)14-24(34)20-10-12-22(36-4)13-11-20/h6-13,23H,14-15H2,1-5H3/t23-/m0/s1. The van der Waals surface area contributed by atoms with Crippen molar-refractivity contribution in [3.63, 3.8) is 0 Å². The smallest absolute Gasteiger partial charge is 0.308 e. The minimum absolute atomic E-state index is 0.0327. The first-order valence-corrected chi connectivity index (χ1v) is 13.1. The molecule has 9 heteroatoms. The zero-order valence-electron chi connectivity index (χ0n) is 21.9. The molecule has 0 bridgehead atoms. The Morgan fingerprint density at radius 1 is 0.974 bits per heavy atom. The Morgan fingerprint density at radius 2 is 1.68 bits per heavy atom. The molecular formula is C29H28N4O4S. The third kappa shape index (κ3) is 4.65. The molecule has 5 rings (SSSR count). The molecule has 0 saturated heterocycles. The fourth-order valence-electron chi connectivity index (χ4n) is 4.61. The van der Waals surface area contributed by atoms with Gasteiger partial charge < -0.3 is 9.47 Å². The van der Waals surface area contributed by atoms with Crippen LogP contribution in [0, 0.1) is 20.8 Å². The third-order valence-corrected chi connectivity index (χ3v) is 8.02.